The Hall–Kier alpha value is -1.36. The van der Waals surface area contributed by atoms with E-state index in [0.717, 1.165) is 37.3 Å². The third-order valence-corrected chi connectivity index (χ3v) is 3.12. The quantitative estimate of drug-likeness (QED) is 0.578. The van der Waals surface area contributed by atoms with Crippen LogP contribution in [0.5, 0.6) is 0 Å². The Morgan fingerprint density at radius 1 is 1.37 bits per heavy atom. The molecule has 5 nitrogen and oxygen atoms in total. The topological polar surface area (TPSA) is 56.2 Å². The summed E-state index contributed by atoms with van der Waals surface area (Å²) in [5.41, 5.74) is 3.17. The van der Waals surface area contributed by atoms with Crippen LogP contribution in [0.25, 0.3) is 0 Å². The molecule has 0 radical (unpaired) electrons. The number of carbonyl (C=O) groups excluding carboxylic acids is 1. The molecule has 1 aromatic heterocycles. The van der Waals surface area contributed by atoms with Gasteiger partial charge in [0.05, 0.1) is 12.3 Å². The Labute approximate surface area is 115 Å². The van der Waals surface area contributed by atoms with Crippen molar-refractivity contribution in [2.75, 3.05) is 13.2 Å². The normalized spacial score (nSPS) is 10.7. The van der Waals surface area contributed by atoms with Gasteiger partial charge in [0.2, 0.25) is 0 Å². The highest BCUT2D eigenvalue weighted by Gasteiger charge is 2.13. The van der Waals surface area contributed by atoms with E-state index < -0.39 is 0 Å². The molecule has 0 aliphatic carbocycles. The van der Waals surface area contributed by atoms with Crippen LogP contribution in [0.1, 0.15) is 43.6 Å². The first-order chi connectivity index (χ1) is 9.10. The molecule has 0 unspecified atom stereocenters. The Morgan fingerprint density at radius 3 is 2.74 bits per heavy atom. The molecule has 0 spiro atoms. The van der Waals surface area contributed by atoms with E-state index in [-0.39, 0.29) is 12.5 Å². The third-order valence-electron chi connectivity index (χ3n) is 3.12. The Morgan fingerprint density at radius 2 is 2.11 bits per heavy atom. The van der Waals surface area contributed by atoms with E-state index in [9.17, 15) is 4.79 Å². The molecule has 5 heteroatoms. The van der Waals surface area contributed by atoms with Crippen LogP contribution in [0.3, 0.4) is 0 Å². The molecule has 0 atom stereocenters. The zero-order chi connectivity index (χ0) is 14.3. The van der Waals surface area contributed by atoms with Crippen molar-refractivity contribution in [3.63, 3.8) is 0 Å². The lowest BCUT2D eigenvalue weighted by molar-refractivity contribution is -0.144. The maximum Gasteiger partial charge on any atom is 0.327 e. The number of carbonyl (C=O) groups is 1. The fourth-order valence-electron chi connectivity index (χ4n) is 1.89. The van der Waals surface area contributed by atoms with E-state index in [1.807, 2.05) is 13.8 Å². The highest BCUT2D eigenvalue weighted by Crippen LogP contribution is 2.12. The van der Waals surface area contributed by atoms with Gasteiger partial charge in [0, 0.05) is 17.8 Å². The molecule has 0 aromatic carbocycles. The van der Waals surface area contributed by atoms with Crippen LogP contribution in [0.4, 0.5) is 0 Å². The minimum atomic E-state index is -0.214. The minimum absolute atomic E-state index is 0.197. The summed E-state index contributed by atoms with van der Waals surface area (Å²) in [7, 11) is 0. The van der Waals surface area contributed by atoms with Crippen LogP contribution >= 0.6 is 0 Å². The summed E-state index contributed by atoms with van der Waals surface area (Å²) in [6.07, 6.45) is 1.94. The predicted molar refractivity (Wildman–Crippen MR) is 74.9 cm³/mol. The molecule has 0 aliphatic heterocycles. The Bertz CT molecular complexity index is 413. The average molecular weight is 267 g/mol. The van der Waals surface area contributed by atoms with Crippen molar-refractivity contribution in [2.24, 2.45) is 0 Å². The summed E-state index contributed by atoms with van der Waals surface area (Å²) in [5, 5.41) is 7.69. The van der Waals surface area contributed by atoms with E-state index in [2.05, 4.69) is 24.3 Å². The van der Waals surface area contributed by atoms with Crippen molar-refractivity contribution in [1.29, 1.82) is 0 Å². The molecule has 0 aliphatic rings. The first-order valence-electron chi connectivity index (χ1n) is 6.99. The smallest absolute Gasteiger partial charge is 0.327 e. The van der Waals surface area contributed by atoms with Crippen LogP contribution in [-0.4, -0.2) is 28.9 Å². The van der Waals surface area contributed by atoms with Gasteiger partial charge in [-0.25, -0.2) is 0 Å². The number of esters is 1. The summed E-state index contributed by atoms with van der Waals surface area (Å²) >= 11 is 0. The second-order valence-corrected chi connectivity index (χ2v) is 4.66. The average Bonchev–Trinajstić information content (AvgIpc) is 2.63. The van der Waals surface area contributed by atoms with Gasteiger partial charge in [0.25, 0.3) is 0 Å². The number of aromatic nitrogens is 2. The highest BCUT2D eigenvalue weighted by molar-refractivity contribution is 5.69. The van der Waals surface area contributed by atoms with Gasteiger partial charge in [0.1, 0.15) is 6.54 Å². The highest BCUT2D eigenvalue weighted by atomic mass is 16.5. The summed E-state index contributed by atoms with van der Waals surface area (Å²) in [5.74, 6) is -0.214. The van der Waals surface area contributed by atoms with Gasteiger partial charge < -0.3 is 10.1 Å². The largest absolute Gasteiger partial charge is 0.464 e. The van der Waals surface area contributed by atoms with Gasteiger partial charge in [-0.2, -0.15) is 5.10 Å². The summed E-state index contributed by atoms with van der Waals surface area (Å²) in [6.45, 7) is 10.5. The number of hydrogen-bond donors (Lipinski definition) is 1. The zero-order valence-electron chi connectivity index (χ0n) is 12.5. The number of nitrogens with zero attached hydrogens (tertiary/aromatic N) is 2. The lowest BCUT2D eigenvalue weighted by Gasteiger charge is -2.06. The van der Waals surface area contributed by atoms with Gasteiger partial charge in [0.15, 0.2) is 0 Å². The van der Waals surface area contributed by atoms with Gasteiger partial charge in [-0.3, -0.25) is 9.48 Å². The monoisotopic (exact) mass is 267 g/mol. The van der Waals surface area contributed by atoms with Gasteiger partial charge in [-0.05, 0) is 26.8 Å². The van der Waals surface area contributed by atoms with Gasteiger partial charge in [-0.1, -0.05) is 20.3 Å². The van der Waals surface area contributed by atoms with Crippen molar-refractivity contribution >= 4 is 5.97 Å². The maximum atomic E-state index is 11.7. The SMILES string of the molecule is CCCCOC(=O)Cn1nc(C)c(CNCC)c1C. The van der Waals surface area contributed by atoms with Crippen molar-refractivity contribution in [3.8, 4) is 0 Å². The van der Waals surface area contributed by atoms with E-state index in [0.29, 0.717) is 6.61 Å². The molecular weight excluding hydrogens is 242 g/mol. The molecular formula is C14H25N3O2. The number of unbranched alkanes of at least 4 members (excludes halogenated alkanes) is 1. The molecule has 1 heterocycles. The number of hydrogen-bond acceptors (Lipinski definition) is 4. The minimum Gasteiger partial charge on any atom is -0.464 e. The van der Waals surface area contributed by atoms with Crippen molar-refractivity contribution in [1.82, 2.24) is 15.1 Å². The number of ether oxygens (including phenoxy) is 1. The summed E-state index contributed by atoms with van der Waals surface area (Å²) in [4.78, 5) is 11.7. The zero-order valence-corrected chi connectivity index (χ0v) is 12.5. The lowest BCUT2D eigenvalue weighted by atomic mass is 10.2. The van der Waals surface area contributed by atoms with E-state index in [1.165, 1.54) is 5.56 Å². The standard InChI is InChI=1S/C14H25N3O2/c1-5-7-8-19-14(18)10-17-12(4)13(9-15-6-2)11(3)16-17/h15H,5-10H2,1-4H3. The molecule has 0 amide bonds. The molecule has 1 N–H and O–H groups in total. The molecule has 0 saturated carbocycles. The van der Waals surface area contributed by atoms with Crippen molar-refractivity contribution < 1.29 is 9.53 Å². The number of rotatable bonds is 8. The van der Waals surface area contributed by atoms with Crippen molar-refractivity contribution in [3.05, 3.63) is 17.0 Å². The molecule has 0 saturated heterocycles. The second kappa shape index (κ2) is 7.94. The lowest BCUT2D eigenvalue weighted by Crippen LogP contribution is -2.17. The number of nitrogens with one attached hydrogen (secondary N) is 1. The molecule has 19 heavy (non-hydrogen) atoms. The molecule has 0 bridgehead atoms. The second-order valence-electron chi connectivity index (χ2n) is 4.66. The summed E-state index contributed by atoms with van der Waals surface area (Å²) < 4.78 is 6.89. The van der Waals surface area contributed by atoms with Crippen LogP contribution in [0.2, 0.25) is 0 Å². The number of aryl methyl sites for hydroxylation is 1. The first-order valence-corrected chi connectivity index (χ1v) is 6.99. The van der Waals surface area contributed by atoms with Crippen LogP contribution in [0.15, 0.2) is 0 Å². The van der Waals surface area contributed by atoms with Gasteiger partial charge >= 0.3 is 5.97 Å². The fraction of sp³-hybridized carbons (Fsp3) is 0.714. The van der Waals surface area contributed by atoms with Crippen LogP contribution in [-0.2, 0) is 22.6 Å². The Kier molecular flexibility index (Phi) is 6.56. The van der Waals surface area contributed by atoms with Crippen LogP contribution < -0.4 is 5.32 Å². The summed E-state index contributed by atoms with van der Waals surface area (Å²) in [6, 6.07) is 0. The molecule has 108 valence electrons. The van der Waals surface area contributed by atoms with E-state index in [4.69, 9.17) is 4.74 Å². The van der Waals surface area contributed by atoms with Gasteiger partial charge in [-0.15, -0.1) is 0 Å². The van der Waals surface area contributed by atoms with E-state index in [1.54, 1.807) is 4.68 Å². The third kappa shape index (κ3) is 4.67. The Balaban J connectivity index is 2.61. The van der Waals surface area contributed by atoms with Crippen LogP contribution in [0, 0.1) is 13.8 Å². The molecule has 1 aromatic rings. The fourth-order valence-corrected chi connectivity index (χ4v) is 1.89. The maximum absolute atomic E-state index is 11.7. The van der Waals surface area contributed by atoms with Crippen molar-refractivity contribution in [2.45, 2.75) is 53.6 Å². The van der Waals surface area contributed by atoms with E-state index >= 15 is 0 Å². The predicted octanol–water partition coefficient (Wildman–Crippen LogP) is 1.95. The molecule has 1 rings (SSSR count). The molecule has 0 fully saturated rings. The first kappa shape index (κ1) is 15.7.